The molecule has 16 heavy (non-hydrogen) atoms. The van der Waals surface area contributed by atoms with E-state index in [-0.39, 0.29) is 11.3 Å². The molecule has 1 amide bonds. The van der Waals surface area contributed by atoms with Gasteiger partial charge in [0.1, 0.15) is 11.4 Å². The van der Waals surface area contributed by atoms with Crippen molar-refractivity contribution in [2.24, 2.45) is 0 Å². The SMILES string of the molecule is CCO[C@H]1C(=O)N2[C@@H]1SC(C)(C)[C@@H]2C(=O)O. The summed E-state index contributed by atoms with van der Waals surface area (Å²) < 4.78 is 4.86. The summed E-state index contributed by atoms with van der Waals surface area (Å²) >= 11 is 1.51. The summed E-state index contributed by atoms with van der Waals surface area (Å²) in [6, 6.07) is -0.744. The molecule has 2 rings (SSSR count). The molecule has 6 heteroatoms. The van der Waals surface area contributed by atoms with Crippen molar-refractivity contribution in [1.29, 1.82) is 0 Å². The van der Waals surface area contributed by atoms with Crippen LogP contribution in [0.5, 0.6) is 0 Å². The van der Waals surface area contributed by atoms with E-state index in [1.54, 1.807) is 0 Å². The van der Waals surface area contributed by atoms with Crippen molar-refractivity contribution in [3.63, 3.8) is 0 Å². The lowest BCUT2D eigenvalue weighted by Crippen LogP contribution is -2.66. The molecule has 90 valence electrons. The summed E-state index contributed by atoms with van der Waals surface area (Å²) in [6.45, 7) is 6.00. The van der Waals surface area contributed by atoms with Crippen molar-refractivity contribution in [1.82, 2.24) is 4.90 Å². The zero-order valence-electron chi connectivity index (χ0n) is 9.47. The van der Waals surface area contributed by atoms with Gasteiger partial charge in [0.25, 0.3) is 5.91 Å². The van der Waals surface area contributed by atoms with E-state index in [4.69, 9.17) is 9.84 Å². The second-order valence-corrected chi connectivity index (χ2v) is 6.24. The summed E-state index contributed by atoms with van der Waals surface area (Å²) in [5.41, 5.74) is 0. The lowest BCUT2D eigenvalue weighted by atomic mass is 9.97. The number of carbonyl (C=O) groups is 2. The maximum atomic E-state index is 11.8. The van der Waals surface area contributed by atoms with Crippen molar-refractivity contribution in [2.75, 3.05) is 6.61 Å². The van der Waals surface area contributed by atoms with Gasteiger partial charge in [-0.2, -0.15) is 0 Å². The van der Waals surface area contributed by atoms with Gasteiger partial charge in [-0.05, 0) is 20.8 Å². The van der Waals surface area contributed by atoms with Crippen LogP contribution >= 0.6 is 11.8 Å². The van der Waals surface area contributed by atoms with Gasteiger partial charge in [0.05, 0.1) is 0 Å². The molecule has 5 nitrogen and oxygen atoms in total. The molecule has 0 radical (unpaired) electrons. The van der Waals surface area contributed by atoms with Crippen LogP contribution in [0, 0.1) is 0 Å². The second kappa shape index (κ2) is 3.63. The van der Waals surface area contributed by atoms with Crippen LogP contribution in [0.2, 0.25) is 0 Å². The maximum Gasteiger partial charge on any atom is 0.327 e. The molecular weight excluding hydrogens is 230 g/mol. The van der Waals surface area contributed by atoms with Crippen LogP contribution in [0.1, 0.15) is 20.8 Å². The van der Waals surface area contributed by atoms with Crippen LogP contribution in [0.4, 0.5) is 0 Å². The van der Waals surface area contributed by atoms with E-state index in [1.165, 1.54) is 16.7 Å². The zero-order valence-corrected chi connectivity index (χ0v) is 10.3. The fourth-order valence-corrected chi connectivity index (χ4v) is 3.93. The zero-order chi connectivity index (χ0) is 12.1. The van der Waals surface area contributed by atoms with Crippen LogP contribution < -0.4 is 0 Å². The summed E-state index contributed by atoms with van der Waals surface area (Å²) in [7, 11) is 0. The molecule has 0 unspecified atom stereocenters. The number of carboxylic acid groups (broad SMARTS) is 1. The molecule has 0 aliphatic carbocycles. The standard InChI is InChI=1S/C10H15NO4S/c1-4-15-5-7(12)11-6(9(13)14)10(2,3)16-8(5)11/h5-6,8H,4H2,1-3H3,(H,13,14)/t5-,6-,8+/m0/s1. The number of rotatable bonds is 3. The third-order valence-corrected chi connectivity index (χ3v) is 4.52. The first-order valence-electron chi connectivity index (χ1n) is 5.24. The maximum absolute atomic E-state index is 11.8. The van der Waals surface area contributed by atoms with Gasteiger partial charge in [-0.3, -0.25) is 4.79 Å². The fourth-order valence-electron chi connectivity index (χ4n) is 2.31. The van der Waals surface area contributed by atoms with Gasteiger partial charge in [-0.25, -0.2) is 4.79 Å². The monoisotopic (exact) mass is 245 g/mol. The van der Waals surface area contributed by atoms with Crippen molar-refractivity contribution in [2.45, 2.75) is 43.0 Å². The summed E-state index contributed by atoms with van der Waals surface area (Å²) in [5.74, 6) is -1.14. The number of carboxylic acids is 1. The summed E-state index contributed by atoms with van der Waals surface area (Å²) in [5, 5.41) is 9.02. The minimum atomic E-state index is -0.941. The van der Waals surface area contributed by atoms with Gasteiger partial charge in [0.2, 0.25) is 0 Å². The lowest BCUT2D eigenvalue weighted by Gasteiger charge is -2.42. The number of carbonyl (C=O) groups excluding carboxylic acids is 1. The molecule has 0 spiro atoms. The summed E-state index contributed by atoms with van der Waals surface area (Å²) in [6.07, 6.45) is -0.460. The Morgan fingerprint density at radius 1 is 1.62 bits per heavy atom. The Morgan fingerprint density at radius 2 is 2.25 bits per heavy atom. The van der Waals surface area contributed by atoms with Gasteiger partial charge in [0.15, 0.2) is 6.10 Å². The highest BCUT2D eigenvalue weighted by molar-refractivity contribution is 8.01. The van der Waals surface area contributed by atoms with Gasteiger partial charge >= 0.3 is 5.97 Å². The average molecular weight is 245 g/mol. The minimum absolute atomic E-state index is 0.136. The Balaban J connectivity index is 2.21. The molecule has 3 atom stereocenters. The minimum Gasteiger partial charge on any atom is -0.480 e. The first-order chi connectivity index (χ1) is 7.40. The van der Waals surface area contributed by atoms with Crippen LogP contribution in [0.3, 0.4) is 0 Å². The molecule has 0 aromatic carbocycles. The normalized spacial score (nSPS) is 35.8. The predicted molar refractivity (Wildman–Crippen MR) is 59.1 cm³/mol. The number of aliphatic carboxylic acids is 1. The second-order valence-electron chi connectivity index (χ2n) is 4.47. The molecule has 0 aromatic heterocycles. The number of hydrogen-bond acceptors (Lipinski definition) is 4. The molecule has 2 heterocycles. The van der Waals surface area contributed by atoms with Crippen LogP contribution in [0.15, 0.2) is 0 Å². The van der Waals surface area contributed by atoms with Crippen molar-refractivity contribution >= 4 is 23.6 Å². The third kappa shape index (κ3) is 1.43. The molecule has 0 aromatic rings. The number of hydrogen-bond donors (Lipinski definition) is 1. The Morgan fingerprint density at radius 3 is 2.75 bits per heavy atom. The third-order valence-electron chi connectivity index (χ3n) is 2.97. The quantitative estimate of drug-likeness (QED) is 0.735. The Bertz CT molecular complexity index is 344. The Hall–Kier alpha value is -0.750. The smallest absolute Gasteiger partial charge is 0.327 e. The number of thioether (sulfide) groups is 1. The lowest BCUT2D eigenvalue weighted by molar-refractivity contribution is -0.174. The van der Waals surface area contributed by atoms with Gasteiger partial charge in [0, 0.05) is 11.4 Å². The fraction of sp³-hybridized carbons (Fsp3) is 0.800. The van der Waals surface area contributed by atoms with E-state index in [1.807, 2.05) is 20.8 Å². The first-order valence-corrected chi connectivity index (χ1v) is 6.12. The molecule has 0 bridgehead atoms. The van der Waals surface area contributed by atoms with E-state index in [2.05, 4.69) is 0 Å². The molecule has 2 fully saturated rings. The highest BCUT2D eigenvalue weighted by Crippen LogP contribution is 2.51. The van der Waals surface area contributed by atoms with E-state index in [0.29, 0.717) is 6.61 Å². The largest absolute Gasteiger partial charge is 0.480 e. The molecule has 2 aliphatic heterocycles. The van der Waals surface area contributed by atoms with Gasteiger partial charge in [-0.15, -0.1) is 11.8 Å². The summed E-state index contributed by atoms with van der Waals surface area (Å²) in [4.78, 5) is 24.4. The van der Waals surface area contributed by atoms with Crippen molar-refractivity contribution in [3.05, 3.63) is 0 Å². The number of amides is 1. The number of fused-ring (bicyclic) bond motifs is 1. The van der Waals surface area contributed by atoms with E-state index in [0.717, 1.165) is 0 Å². The van der Waals surface area contributed by atoms with Crippen LogP contribution in [0.25, 0.3) is 0 Å². The van der Waals surface area contributed by atoms with Crippen LogP contribution in [-0.2, 0) is 14.3 Å². The number of nitrogens with zero attached hydrogens (tertiary/aromatic N) is 1. The molecule has 0 saturated carbocycles. The number of β-lactam (4-membered cyclic amide) rings is 1. The molecule has 2 saturated heterocycles. The van der Waals surface area contributed by atoms with Crippen LogP contribution in [-0.4, -0.2) is 50.8 Å². The number of ether oxygens (including phenoxy) is 1. The predicted octanol–water partition coefficient (Wildman–Crippen LogP) is 0.538. The van der Waals surface area contributed by atoms with E-state index in [9.17, 15) is 9.59 Å². The highest BCUT2D eigenvalue weighted by Gasteiger charge is 2.64. The molecule has 1 N–H and O–H groups in total. The highest BCUT2D eigenvalue weighted by atomic mass is 32.2. The van der Waals surface area contributed by atoms with Crippen molar-refractivity contribution in [3.8, 4) is 0 Å². The topological polar surface area (TPSA) is 66.8 Å². The molecule has 2 aliphatic rings. The molecular formula is C10H15NO4S. The van der Waals surface area contributed by atoms with E-state index >= 15 is 0 Å². The van der Waals surface area contributed by atoms with E-state index < -0.39 is 22.9 Å². The van der Waals surface area contributed by atoms with Crippen molar-refractivity contribution < 1.29 is 19.4 Å². The Kier molecular flexibility index (Phi) is 2.66. The Labute approximate surface area is 98.1 Å². The first kappa shape index (κ1) is 11.7. The van der Waals surface area contributed by atoms with Gasteiger partial charge in [-0.1, -0.05) is 0 Å². The average Bonchev–Trinajstić information content (AvgIpc) is 2.43. The van der Waals surface area contributed by atoms with Gasteiger partial charge < -0.3 is 14.7 Å².